The topological polar surface area (TPSA) is 103 Å². The Balaban J connectivity index is 1.02. The Morgan fingerprint density at radius 3 is 2.67 bits per heavy atom. The molecule has 0 unspecified atom stereocenters. The van der Waals surface area contributed by atoms with Gasteiger partial charge in [0.1, 0.15) is 17.1 Å². The zero-order valence-corrected chi connectivity index (χ0v) is 23.3. The van der Waals surface area contributed by atoms with Crippen LogP contribution in [-0.2, 0) is 0 Å². The van der Waals surface area contributed by atoms with E-state index in [1.54, 1.807) is 19.4 Å². The van der Waals surface area contributed by atoms with Crippen LogP contribution in [0.4, 0.5) is 5.69 Å². The van der Waals surface area contributed by atoms with Gasteiger partial charge in [-0.05, 0) is 67.1 Å². The van der Waals surface area contributed by atoms with Crippen LogP contribution < -0.4 is 15.4 Å². The van der Waals surface area contributed by atoms with Crippen LogP contribution in [0.3, 0.4) is 0 Å². The first-order valence-electron chi connectivity index (χ1n) is 14.3. The molecule has 3 aliphatic rings. The summed E-state index contributed by atoms with van der Waals surface area (Å²) in [6.45, 7) is 7.38. The summed E-state index contributed by atoms with van der Waals surface area (Å²) in [5.41, 5.74) is 9.78. The number of nitrogens with zero attached hydrogens (tertiary/aromatic N) is 5. The predicted octanol–water partition coefficient (Wildman–Crippen LogP) is 4.08. The summed E-state index contributed by atoms with van der Waals surface area (Å²) >= 11 is 0. The molecule has 2 aromatic heterocycles. The number of anilines is 1. The van der Waals surface area contributed by atoms with E-state index in [0.717, 1.165) is 74.4 Å². The third kappa shape index (κ3) is 5.48. The van der Waals surface area contributed by atoms with E-state index in [1.165, 1.54) is 25.7 Å². The number of benzene rings is 1. The molecule has 9 heteroatoms. The Hall–Kier alpha value is -3.69. The molecule has 0 bridgehead atoms. The van der Waals surface area contributed by atoms with E-state index >= 15 is 0 Å². The smallest absolute Gasteiger partial charge is 0.153 e. The molecule has 1 saturated carbocycles. The van der Waals surface area contributed by atoms with Gasteiger partial charge in [-0.2, -0.15) is 0 Å². The maximum atomic E-state index is 11.7. The van der Waals surface area contributed by atoms with Gasteiger partial charge in [0.15, 0.2) is 6.29 Å². The number of aldehydes is 1. The minimum Gasteiger partial charge on any atom is -0.455 e. The average molecular weight is 542 g/mol. The van der Waals surface area contributed by atoms with Gasteiger partial charge in [-0.25, -0.2) is 4.98 Å². The summed E-state index contributed by atoms with van der Waals surface area (Å²) in [6, 6.07) is 10.5. The van der Waals surface area contributed by atoms with Crippen LogP contribution in [0.2, 0.25) is 0 Å². The average Bonchev–Trinajstić information content (AvgIpc) is 3.44. The number of nitrogens with two attached hydrogens (primary N) is 1. The number of H-pyrrole nitrogens is 1. The van der Waals surface area contributed by atoms with E-state index in [-0.39, 0.29) is 0 Å². The zero-order chi connectivity index (χ0) is 27.5. The van der Waals surface area contributed by atoms with Crippen molar-refractivity contribution in [2.75, 3.05) is 57.8 Å². The highest BCUT2D eigenvalue weighted by Crippen LogP contribution is 2.51. The molecule has 4 heterocycles. The molecule has 2 saturated heterocycles. The number of carbonyl (C=O) groups is 1. The summed E-state index contributed by atoms with van der Waals surface area (Å²) in [5, 5.41) is 0.975. The maximum absolute atomic E-state index is 11.7. The van der Waals surface area contributed by atoms with Crippen LogP contribution in [0.1, 0.15) is 36.0 Å². The Morgan fingerprint density at radius 1 is 1.15 bits per heavy atom. The van der Waals surface area contributed by atoms with Gasteiger partial charge in [0.25, 0.3) is 0 Å². The third-order valence-electron chi connectivity index (χ3n) is 9.09. The number of pyridine rings is 1. The lowest BCUT2D eigenvalue weighted by molar-refractivity contribution is -0.0336. The Bertz CT molecular complexity index is 1390. The first-order valence-corrected chi connectivity index (χ1v) is 14.3. The number of hydrogen-bond acceptors (Lipinski definition) is 8. The molecule has 1 aliphatic carbocycles. The van der Waals surface area contributed by atoms with Crippen molar-refractivity contribution in [2.24, 2.45) is 16.1 Å². The van der Waals surface area contributed by atoms with Gasteiger partial charge in [0.05, 0.1) is 11.8 Å². The Morgan fingerprint density at radius 2 is 1.95 bits per heavy atom. The van der Waals surface area contributed by atoms with Crippen LogP contribution in [0, 0.1) is 5.41 Å². The SMILES string of the molecule is CN=CC(=CN)CN1CCN(C2CC3(CCN(c4ccc(C=O)c(Oc5cnc6[nH]ccc6c5)c4)CC3)C2)CC1. The number of aliphatic imine (C=N–C) groups is 1. The Kier molecular flexibility index (Phi) is 7.58. The van der Waals surface area contributed by atoms with Crippen molar-refractivity contribution < 1.29 is 9.53 Å². The number of hydrogen-bond donors (Lipinski definition) is 2. The molecule has 0 atom stereocenters. The number of ether oxygens (including phenoxy) is 1. The number of piperidine rings is 1. The van der Waals surface area contributed by atoms with E-state index in [4.69, 9.17) is 10.5 Å². The van der Waals surface area contributed by atoms with Crippen molar-refractivity contribution >= 4 is 29.2 Å². The monoisotopic (exact) mass is 541 g/mol. The predicted molar refractivity (Wildman–Crippen MR) is 160 cm³/mol. The number of aromatic nitrogens is 2. The Labute approximate surface area is 235 Å². The molecular weight excluding hydrogens is 502 g/mol. The van der Waals surface area contributed by atoms with Crippen LogP contribution in [0.5, 0.6) is 11.5 Å². The number of rotatable bonds is 8. The fourth-order valence-electron chi connectivity index (χ4n) is 6.70. The van der Waals surface area contributed by atoms with Crippen molar-refractivity contribution in [1.29, 1.82) is 0 Å². The van der Waals surface area contributed by atoms with Gasteiger partial charge in [0.2, 0.25) is 0 Å². The molecule has 3 fully saturated rings. The van der Waals surface area contributed by atoms with Gasteiger partial charge in [0, 0.05) is 88.5 Å². The van der Waals surface area contributed by atoms with E-state index in [2.05, 4.69) is 29.7 Å². The molecule has 0 radical (unpaired) electrons. The molecule has 210 valence electrons. The van der Waals surface area contributed by atoms with Crippen LogP contribution in [0.15, 0.2) is 59.5 Å². The lowest BCUT2D eigenvalue weighted by Crippen LogP contribution is -2.59. The number of carbonyl (C=O) groups excluding carboxylic acids is 1. The second kappa shape index (κ2) is 11.4. The van der Waals surface area contributed by atoms with Crippen LogP contribution >= 0.6 is 0 Å². The van der Waals surface area contributed by atoms with Gasteiger partial charge in [-0.1, -0.05) is 0 Å². The summed E-state index contributed by atoms with van der Waals surface area (Å²) in [7, 11) is 1.79. The van der Waals surface area contributed by atoms with Crippen molar-refractivity contribution in [1.82, 2.24) is 19.8 Å². The van der Waals surface area contributed by atoms with E-state index in [0.29, 0.717) is 28.5 Å². The lowest BCUT2D eigenvalue weighted by atomic mass is 9.60. The molecule has 1 spiro atoms. The molecule has 40 heavy (non-hydrogen) atoms. The van der Waals surface area contributed by atoms with Crippen LogP contribution in [-0.4, -0.2) is 91.2 Å². The van der Waals surface area contributed by atoms with E-state index < -0.39 is 0 Å². The number of aromatic amines is 1. The van der Waals surface area contributed by atoms with Crippen molar-refractivity contribution in [3.63, 3.8) is 0 Å². The molecule has 3 aromatic rings. The molecule has 6 rings (SSSR count). The fourth-order valence-corrected chi connectivity index (χ4v) is 6.70. The minimum atomic E-state index is 0.477. The number of fused-ring (bicyclic) bond motifs is 1. The largest absolute Gasteiger partial charge is 0.455 e. The molecule has 1 aromatic carbocycles. The minimum absolute atomic E-state index is 0.477. The maximum Gasteiger partial charge on any atom is 0.153 e. The summed E-state index contributed by atoms with van der Waals surface area (Å²) in [6.07, 6.45) is 13.0. The van der Waals surface area contributed by atoms with E-state index in [9.17, 15) is 4.79 Å². The van der Waals surface area contributed by atoms with Gasteiger partial charge >= 0.3 is 0 Å². The van der Waals surface area contributed by atoms with Crippen molar-refractivity contribution in [3.8, 4) is 11.5 Å². The summed E-state index contributed by atoms with van der Waals surface area (Å²) < 4.78 is 6.15. The van der Waals surface area contributed by atoms with Crippen LogP contribution in [0.25, 0.3) is 11.0 Å². The highest BCUT2D eigenvalue weighted by molar-refractivity contribution is 5.82. The lowest BCUT2D eigenvalue weighted by Gasteiger charge is -2.56. The molecule has 2 aliphatic heterocycles. The molecule has 3 N–H and O–H groups in total. The second-order valence-corrected chi connectivity index (χ2v) is 11.5. The van der Waals surface area contributed by atoms with Crippen molar-refractivity contribution in [2.45, 2.75) is 31.7 Å². The first kappa shape index (κ1) is 26.5. The normalized spacial score (nSPS) is 20.8. The highest BCUT2D eigenvalue weighted by Gasteiger charge is 2.48. The quantitative estimate of drug-likeness (QED) is 0.327. The summed E-state index contributed by atoms with van der Waals surface area (Å²) in [5.74, 6) is 1.20. The fraction of sp³-hybridized carbons (Fsp3) is 0.452. The summed E-state index contributed by atoms with van der Waals surface area (Å²) in [4.78, 5) is 31.0. The first-order chi connectivity index (χ1) is 19.6. The highest BCUT2D eigenvalue weighted by atomic mass is 16.5. The van der Waals surface area contributed by atoms with Gasteiger partial charge < -0.3 is 20.4 Å². The molecule has 0 amide bonds. The van der Waals surface area contributed by atoms with Gasteiger partial charge in [-0.15, -0.1) is 0 Å². The molecular formula is C31H39N7O2. The third-order valence-corrected chi connectivity index (χ3v) is 9.09. The zero-order valence-electron chi connectivity index (χ0n) is 23.3. The second-order valence-electron chi connectivity index (χ2n) is 11.5. The van der Waals surface area contributed by atoms with Crippen molar-refractivity contribution in [3.05, 3.63) is 60.1 Å². The standard InChI is InChI=1S/C31H39N7O2/c1-33-19-23(18-32)21-36-10-12-38(13-11-36)27-16-31(17-27)5-8-37(9-6-31)26-3-2-25(22-39)29(15-26)40-28-14-24-4-7-34-30(24)35-20-28/h2-4,7,14-15,18-20,22,27H,5-6,8-13,16-17,21,32H2,1H3,(H,34,35). The number of piperazine rings is 1. The van der Waals surface area contributed by atoms with E-state index in [1.807, 2.05) is 42.7 Å². The molecule has 9 nitrogen and oxygen atoms in total. The number of nitrogens with one attached hydrogen (secondary N) is 1. The van der Waals surface area contributed by atoms with Gasteiger partial charge in [-0.3, -0.25) is 19.6 Å².